The Kier molecular flexibility index (Phi) is 3.45. The molecular formula is C19H20N4O2. The molecule has 0 amide bonds. The van der Waals surface area contributed by atoms with Crippen molar-refractivity contribution in [3.8, 4) is 5.75 Å². The summed E-state index contributed by atoms with van der Waals surface area (Å²) in [6.07, 6.45) is 4.62. The monoisotopic (exact) mass is 336 g/mol. The first-order valence-corrected chi connectivity index (χ1v) is 8.89. The van der Waals surface area contributed by atoms with Gasteiger partial charge in [-0.05, 0) is 38.0 Å². The summed E-state index contributed by atoms with van der Waals surface area (Å²) in [7, 11) is 0. The zero-order valence-corrected chi connectivity index (χ0v) is 14.2. The molecule has 3 aliphatic rings. The van der Waals surface area contributed by atoms with Crippen molar-refractivity contribution >= 4 is 17.2 Å². The maximum Gasteiger partial charge on any atom is 0.132 e. The number of fused-ring (bicyclic) bond motifs is 3. The Morgan fingerprint density at radius 3 is 2.80 bits per heavy atom. The van der Waals surface area contributed by atoms with Gasteiger partial charge in [0.15, 0.2) is 0 Å². The van der Waals surface area contributed by atoms with Gasteiger partial charge < -0.3 is 14.4 Å². The molecule has 25 heavy (non-hydrogen) atoms. The number of morpholine rings is 1. The topological polar surface area (TPSA) is 59.8 Å². The minimum Gasteiger partial charge on any atom is -0.494 e. The molecule has 2 saturated heterocycles. The number of hydrogen-bond acceptors (Lipinski definition) is 6. The van der Waals surface area contributed by atoms with E-state index in [0.29, 0.717) is 18.8 Å². The van der Waals surface area contributed by atoms with Crippen LogP contribution in [0.4, 0.5) is 11.5 Å². The molecule has 0 saturated carbocycles. The second-order valence-electron chi connectivity index (χ2n) is 6.70. The van der Waals surface area contributed by atoms with Crippen molar-refractivity contribution in [2.45, 2.75) is 32.0 Å². The Balaban J connectivity index is 1.41. The third-order valence-corrected chi connectivity index (χ3v) is 5.03. The summed E-state index contributed by atoms with van der Waals surface area (Å²) >= 11 is 0. The lowest BCUT2D eigenvalue weighted by atomic mass is 9.99. The standard InChI is InChI=1S/C19H20N4O2/c1-2-24-12-5-6-16-15(7-12)19(22-16)17-8-18(21-11-20-17)23-9-13-3-4-14(10-23)25-13/h5-8,11,13-14H,2-4,9-10H2,1H3. The van der Waals surface area contributed by atoms with Crippen LogP contribution >= 0.6 is 0 Å². The fourth-order valence-electron chi connectivity index (χ4n) is 3.83. The van der Waals surface area contributed by atoms with E-state index in [1.54, 1.807) is 6.33 Å². The predicted molar refractivity (Wildman–Crippen MR) is 95.1 cm³/mol. The average molecular weight is 336 g/mol. The van der Waals surface area contributed by atoms with E-state index in [0.717, 1.165) is 60.2 Å². The fraction of sp³-hybridized carbons (Fsp3) is 0.421. The summed E-state index contributed by atoms with van der Waals surface area (Å²) < 4.78 is 11.5. The summed E-state index contributed by atoms with van der Waals surface area (Å²) in [6, 6.07) is 8.03. The van der Waals surface area contributed by atoms with Crippen LogP contribution in [0.5, 0.6) is 5.75 Å². The van der Waals surface area contributed by atoms with E-state index < -0.39 is 0 Å². The lowest BCUT2D eigenvalue weighted by Gasteiger charge is -2.33. The highest BCUT2D eigenvalue weighted by molar-refractivity contribution is 6.21. The summed E-state index contributed by atoms with van der Waals surface area (Å²) in [5, 5.41) is 0. The van der Waals surface area contributed by atoms with Crippen molar-refractivity contribution in [2.75, 3.05) is 24.6 Å². The molecule has 6 heteroatoms. The highest BCUT2D eigenvalue weighted by Gasteiger charge is 2.34. The highest BCUT2D eigenvalue weighted by atomic mass is 16.5. The number of nitrogens with zero attached hydrogens (tertiary/aromatic N) is 4. The molecule has 0 aliphatic carbocycles. The summed E-state index contributed by atoms with van der Waals surface area (Å²) in [6.45, 7) is 4.46. The number of ether oxygens (including phenoxy) is 2. The smallest absolute Gasteiger partial charge is 0.132 e. The molecule has 2 atom stereocenters. The van der Waals surface area contributed by atoms with Crippen LogP contribution in [0.15, 0.2) is 35.6 Å². The number of aliphatic imine (C=N–C) groups is 1. The summed E-state index contributed by atoms with van der Waals surface area (Å²) in [5.74, 6) is 1.83. The molecule has 1 aromatic carbocycles. The molecule has 128 valence electrons. The Morgan fingerprint density at radius 1 is 1.16 bits per heavy atom. The van der Waals surface area contributed by atoms with Gasteiger partial charge in [-0.2, -0.15) is 0 Å². The second-order valence-corrected chi connectivity index (χ2v) is 6.70. The second kappa shape index (κ2) is 5.81. The van der Waals surface area contributed by atoms with Gasteiger partial charge in [-0.1, -0.05) is 0 Å². The molecule has 0 N–H and O–H groups in total. The molecule has 2 aromatic rings. The maximum atomic E-state index is 5.92. The minimum absolute atomic E-state index is 0.340. The van der Waals surface area contributed by atoms with E-state index in [4.69, 9.17) is 9.47 Å². The normalized spacial score (nSPS) is 23.7. The van der Waals surface area contributed by atoms with E-state index in [2.05, 4.69) is 19.9 Å². The van der Waals surface area contributed by atoms with Crippen LogP contribution in [0.3, 0.4) is 0 Å². The molecule has 0 spiro atoms. The third-order valence-electron chi connectivity index (χ3n) is 5.03. The first kappa shape index (κ1) is 14.8. The van der Waals surface area contributed by atoms with Crippen LogP contribution in [0.1, 0.15) is 31.0 Å². The van der Waals surface area contributed by atoms with Crippen LogP contribution in [0.2, 0.25) is 0 Å². The van der Waals surface area contributed by atoms with Crippen molar-refractivity contribution < 1.29 is 9.47 Å². The van der Waals surface area contributed by atoms with Crippen LogP contribution in [-0.4, -0.2) is 47.6 Å². The summed E-state index contributed by atoms with van der Waals surface area (Å²) in [5.41, 5.74) is 3.86. The highest BCUT2D eigenvalue weighted by Crippen LogP contribution is 2.36. The Hall–Kier alpha value is -2.47. The van der Waals surface area contributed by atoms with E-state index in [1.165, 1.54) is 0 Å². The van der Waals surface area contributed by atoms with Gasteiger partial charge >= 0.3 is 0 Å². The van der Waals surface area contributed by atoms with E-state index in [9.17, 15) is 0 Å². The van der Waals surface area contributed by atoms with Gasteiger partial charge in [0.05, 0.1) is 35.9 Å². The number of benzene rings is 1. The largest absolute Gasteiger partial charge is 0.494 e. The zero-order valence-electron chi connectivity index (χ0n) is 14.2. The molecule has 3 aliphatic heterocycles. The van der Waals surface area contributed by atoms with Crippen molar-refractivity contribution in [3.63, 3.8) is 0 Å². The SMILES string of the molecule is CCOc1ccc2c(c1)C(c1cc(N3CC4CCC(C3)O4)ncn1)=N2. The summed E-state index contributed by atoms with van der Waals surface area (Å²) in [4.78, 5) is 15.9. The predicted octanol–water partition coefficient (Wildman–Crippen LogP) is 2.73. The molecule has 1 aromatic heterocycles. The third kappa shape index (κ3) is 2.57. The quantitative estimate of drug-likeness (QED) is 0.733. The molecule has 2 bridgehead atoms. The molecule has 4 heterocycles. The van der Waals surface area contributed by atoms with Crippen LogP contribution in [-0.2, 0) is 4.74 Å². The van der Waals surface area contributed by atoms with E-state index >= 15 is 0 Å². The van der Waals surface area contributed by atoms with Crippen LogP contribution in [0, 0.1) is 0 Å². The van der Waals surface area contributed by atoms with Gasteiger partial charge in [-0.25, -0.2) is 15.0 Å². The van der Waals surface area contributed by atoms with Gasteiger partial charge in [0, 0.05) is 24.7 Å². The number of anilines is 1. The number of aromatic nitrogens is 2. The Labute approximate surface area is 146 Å². The van der Waals surface area contributed by atoms with Crippen molar-refractivity contribution in [1.82, 2.24) is 9.97 Å². The molecule has 5 rings (SSSR count). The van der Waals surface area contributed by atoms with Crippen molar-refractivity contribution in [3.05, 3.63) is 41.9 Å². The van der Waals surface area contributed by atoms with Gasteiger partial charge in [0.1, 0.15) is 17.9 Å². The molecule has 2 fully saturated rings. The van der Waals surface area contributed by atoms with Crippen LogP contribution < -0.4 is 9.64 Å². The fourth-order valence-corrected chi connectivity index (χ4v) is 3.83. The lowest BCUT2D eigenvalue weighted by Crippen LogP contribution is -2.43. The molecular weight excluding hydrogens is 316 g/mol. The Morgan fingerprint density at radius 2 is 2.00 bits per heavy atom. The van der Waals surface area contributed by atoms with Gasteiger partial charge in [0.25, 0.3) is 0 Å². The van der Waals surface area contributed by atoms with Crippen molar-refractivity contribution in [1.29, 1.82) is 0 Å². The van der Waals surface area contributed by atoms with Gasteiger partial charge in [0.2, 0.25) is 0 Å². The van der Waals surface area contributed by atoms with E-state index in [1.807, 2.05) is 31.2 Å². The average Bonchev–Trinajstić information content (AvgIpc) is 2.96. The first-order chi connectivity index (χ1) is 12.3. The Bertz CT molecular complexity index is 839. The van der Waals surface area contributed by atoms with Gasteiger partial charge in [-0.3, -0.25) is 0 Å². The number of hydrogen-bond donors (Lipinski definition) is 0. The van der Waals surface area contributed by atoms with Crippen LogP contribution in [0.25, 0.3) is 0 Å². The maximum absolute atomic E-state index is 5.92. The molecule has 6 nitrogen and oxygen atoms in total. The molecule has 2 unspecified atom stereocenters. The zero-order chi connectivity index (χ0) is 16.8. The number of rotatable bonds is 4. The van der Waals surface area contributed by atoms with Crippen molar-refractivity contribution in [2.24, 2.45) is 4.99 Å². The van der Waals surface area contributed by atoms with Gasteiger partial charge in [-0.15, -0.1) is 0 Å². The molecule has 0 radical (unpaired) electrons. The minimum atomic E-state index is 0.340. The lowest BCUT2D eigenvalue weighted by molar-refractivity contribution is 0.0302. The van der Waals surface area contributed by atoms with E-state index in [-0.39, 0.29) is 0 Å². The first-order valence-electron chi connectivity index (χ1n) is 8.89.